The highest BCUT2D eigenvalue weighted by atomic mass is 16.4. The van der Waals surface area contributed by atoms with Crippen molar-refractivity contribution in [1.29, 1.82) is 0 Å². The van der Waals surface area contributed by atoms with Gasteiger partial charge in [-0.25, -0.2) is 0 Å². The average molecular weight is 632 g/mol. The third-order valence-electron chi connectivity index (χ3n) is 10.6. The highest BCUT2D eigenvalue weighted by molar-refractivity contribution is 6.44. The van der Waals surface area contributed by atoms with Gasteiger partial charge in [0.25, 0.3) is 0 Å². The molecule has 0 aliphatic heterocycles. The van der Waals surface area contributed by atoms with E-state index in [1.54, 1.807) is 0 Å². The normalized spacial score (nSPS) is 18.1. The van der Waals surface area contributed by atoms with Crippen LogP contribution in [-0.4, -0.2) is 68.7 Å². The van der Waals surface area contributed by atoms with E-state index in [4.69, 9.17) is 20.1 Å². The van der Waals surface area contributed by atoms with Crippen LogP contribution in [-0.2, 0) is 0 Å². The van der Waals surface area contributed by atoms with Gasteiger partial charge in [-0.1, -0.05) is 111 Å². The Hall–Kier alpha value is -0.0603. The molecule has 8 N–H and O–H groups in total. The summed E-state index contributed by atoms with van der Waals surface area (Å²) in [4.78, 5) is 0. The van der Waals surface area contributed by atoms with Gasteiger partial charge in [-0.3, -0.25) is 0 Å². The van der Waals surface area contributed by atoms with E-state index in [1.807, 2.05) is 34.6 Å². The molecule has 0 aromatic rings. The first kappa shape index (κ1) is 50.8. The fourth-order valence-corrected chi connectivity index (χ4v) is 6.04. The quantitative estimate of drug-likeness (QED) is 0.116. The summed E-state index contributed by atoms with van der Waals surface area (Å²) in [6, 6.07) is 0. The molecule has 0 aromatic heterocycles. The van der Waals surface area contributed by atoms with Gasteiger partial charge in [-0.05, 0) is 96.3 Å². The zero-order chi connectivity index (χ0) is 36.4. The van der Waals surface area contributed by atoms with E-state index in [2.05, 4.69) is 76.2 Å². The van der Waals surface area contributed by atoms with Crippen molar-refractivity contribution in [2.24, 2.45) is 71.0 Å². The van der Waals surface area contributed by atoms with Crippen LogP contribution in [0.5, 0.6) is 0 Å². The summed E-state index contributed by atoms with van der Waals surface area (Å²) in [5, 5.41) is 69.1. The van der Waals surface area contributed by atoms with Crippen LogP contribution in [0.2, 0.25) is 25.3 Å². The van der Waals surface area contributed by atoms with Crippen molar-refractivity contribution < 1.29 is 40.2 Å². The second-order valence-electron chi connectivity index (χ2n) is 15.1. The molecule has 9 atom stereocenters. The summed E-state index contributed by atoms with van der Waals surface area (Å²) in [6.07, 6.45) is 0. The Labute approximate surface area is 275 Å². The van der Waals surface area contributed by atoms with Crippen LogP contribution in [0.4, 0.5) is 0 Å². The van der Waals surface area contributed by atoms with Crippen molar-refractivity contribution in [3.8, 4) is 0 Å². The molecule has 0 fully saturated rings. The third kappa shape index (κ3) is 22.5. The number of hydrogen-bond donors (Lipinski definition) is 8. The molecule has 9 unspecified atom stereocenters. The Bertz CT molecular complexity index is 614. The Balaban J connectivity index is -0.000000295. The van der Waals surface area contributed by atoms with Gasteiger partial charge >= 0.3 is 28.5 Å². The van der Waals surface area contributed by atoms with Crippen LogP contribution in [0.15, 0.2) is 0 Å². The molecule has 0 saturated carbocycles. The first-order chi connectivity index (χ1) is 19.7. The van der Waals surface area contributed by atoms with Crippen molar-refractivity contribution in [2.45, 2.75) is 136 Å². The lowest BCUT2D eigenvalue weighted by Gasteiger charge is -2.39. The molecule has 264 valence electrons. The smallest absolute Gasteiger partial charge is 0.427 e. The van der Waals surface area contributed by atoms with Gasteiger partial charge in [-0.15, -0.1) is 0 Å². The molecule has 0 saturated heterocycles. The summed E-state index contributed by atoms with van der Waals surface area (Å²) in [5.74, 6) is 5.80. The van der Waals surface area contributed by atoms with Gasteiger partial charge in [0.15, 0.2) is 0 Å². The van der Waals surface area contributed by atoms with Crippen LogP contribution in [0.3, 0.4) is 0 Å². The minimum atomic E-state index is -1.38. The van der Waals surface area contributed by atoms with Gasteiger partial charge in [0, 0.05) is 0 Å². The highest BCUT2D eigenvalue weighted by Gasteiger charge is 2.42. The van der Waals surface area contributed by atoms with Crippen molar-refractivity contribution in [3.05, 3.63) is 0 Å². The van der Waals surface area contributed by atoms with Crippen LogP contribution >= 0.6 is 0 Å². The van der Waals surface area contributed by atoms with E-state index >= 15 is 0 Å². The van der Waals surface area contributed by atoms with Gasteiger partial charge in [-0.2, -0.15) is 0 Å². The van der Waals surface area contributed by atoms with Gasteiger partial charge in [0.1, 0.15) is 0 Å². The van der Waals surface area contributed by atoms with Gasteiger partial charge in [0.2, 0.25) is 0 Å². The van der Waals surface area contributed by atoms with Crippen LogP contribution in [0.1, 0.15) is 111 Å². The van der Waals surface area contributed by atoms with Crippen LogP contribution < -0.4 is 0 Å². The number of rotatable bonds is 14. The second kappa shape index (κ2) is 26.0. The molecule has 0 spiro atoms. The minimum absolute atomic E-state index is 0.0111. The van der Waals surface area contributed by atoms with E-state index in [0.717, 1.165) is 41.4 Å². The highest BCUT2D eigenvalue weighted by Crippen LogP contribution is 2.43. The molecule has 0 rings (SSSR count). The van der Waals surface area contributed by atoms with Gasteiger partial charge in [0.05, 0.1) is 0 Å². The van der Waals surface area contributed by atoms with Crippen molar-refractivity contribution in [3.63, 3.8) is 0 Å². The third-order valence-corrected chi connectivity index (χ3v) is 10.6. The van der Waals surface area contributed by atoms with E-state index in [9.17, 15) is 20.1 Å². The SMILES string of the molecule is CB(O)O.CB(O)O.CC(C)C(C)C(B(O)O)C(C)C(C)C(B(O)O)C(C)C.CC(C)C(C)C(C)C(C)C(C)C(C)C(C)C. The maximum Gasteiger partial charge on any atom is 0.455 e. The van der Waals surface area contributed by atoms with Crippen molar-refractivity contribution in [1.82, 2.24) is 0 Å². The second-order valence-corrected chi connectivity index (χ2v) is 15.1. The van der Waals surface area contributed by atoms with Crippen molar-refractivity contribution >= 4 is 28.5 Å². The molecule has 0 radical (unpaired) electrons. The van der Waals surface area contributed by atoms with Crippen LogP contribution in [0, 0.1) is 71.0 Å². The Morgan fingerprint density at radius 1 is 0.273 bits per heavy atom. The summed E-state index contributed by atoms with van der Waals surface area (Å²) in [5.41, 5.74) is 0. The standard InChI is InChI=1S/C16H34.C14H32B2O4.2CH5BO2/c1-10(2)12(5)14(7)16(9)15(8)13(6)11(3)4;1-8(2)10(5)14(16(19)20)12(7)11(6)13(9(3)4)15(17)18;2*1-2(3)4/h10-16H,1-9H3;8-14,17-20H,1-7H3;2*3-4H,1H3. The molecule has 8 nitrogen and oxygen atoms in total. The topological polar surface area (TPSA) is 162 Å². The molecule has 0 aliphatic rings. The molecule has 0 aromatic carbocycles. The first-order valence-electron chi connectivity index (χ1n) is 17.1. The van der Waals surface area contributed by atoms with Crippen LogP contribution in [0.25, 0.3) is 0 Å². The monoisotopic (exact) mass is 633 g/mol. The lowest BCUT2D eigenvalue weighted by atomic mass is 9.50. The molecule has 0 bridgehead atoms. The Kier molecular flexibility index (Phi) is 30.0. The maximum absolute atomic E-state index is 9.74. The molecule has 0 heterocycles. The fourth-order valence-electron chi connectivity index (χ4n) is 6.04. The summed E-state index contributed by atoms with van der Waals surface area (Å²) < 4.78 is 0. The largest absolute Gasteiger partial charge is 0.455 e. The fraction of sp³-hybridized carbons (Fsp3) is 1.00. The van der Waals surface area contributed by atoms with Gasteiger partial charge < -0.3 is 40.2 Å². The molecule has 12 heteroatoms. The lowest BCUT2D eigenvalue weighted by Crippen LogP contribution is -2.40. The van der Waals surface area contributed by atoms with E-state index in [1.165, 1.54) is 13.6 Å². The average Bonchev–Trinajstić information content (AvgIpc) is 2.85. The van der Waals surface area contributed by atoms with Crippen molar-refractivity contribution in [2.75, 3.05) is 0 Å². The predicted molar refractivity (Wildman–Crippen MR) is 193 cm³/mol. The first-order valence-corrected chi connectivity index (χ1v) is 17.1. The zero-order valence-corrected chi connectivity index (χ0v) is 32.0. The molecule has 0 aliphatic carbocycles. The zero-order valence-electron chi connectivity index (χ0n) is 32.0. The van der Waals surface area contributed by atoms with E-state index in [-0.39, 0.29) is 35.3 Å². The minimum Gasteiger partial charge on any atom is -0.427 e. The Morgan fingerprint density at radius 2 is 0.477 bits per heavy atom. The molecular weight excluding hydrogens is 556 g/mol. The van der Waals surface area contributed by atoms with E-state index in [0.29, 0.717) is 5.92 Å². The summed E-state index contributed by atoms with van der Waals surface area (Å²) in [6.45, 7) is 38.2. The maximum atomic E-state index is 9.74. The summed E-state index contributed by atoms with van der Waals surface area (Å²) >= 11 is 0. The Morgan fingerprint density at radius 3 is 0.659 bits per heavy atom. The molecule has 44 heavy (non-hydrogen) atoms. The predicted octanol–water partition coefficient (Wildman–Crippen LogP) is 5.55. The summed E-state index contributed by atoms with van der Waals surface area (Å²) in [7, 11) is -5.09. The van der Waals surface area contributed by atoms with E-state index < -0.39 is 28.5 Å². The molecule has 0 amide bonds. The number of hydrogen-bond acceptors (Lipinski definition) is 8. The molecular formula is C32H76B4O8. The lowest BCUT2D eigenvalue weighted by molar-refractivity contribution is 0.126.